The first-order chi connectivity index (χ1) is 10.3. The summed E-state index contributed by atoms with van der Waals surface area (Å²) in [5.74, 6) is 0. The van der Waals surface area contributed by atoms with E-state index in [4.69, 9.17) is 4.74 Å². The van der Waals surface area contributed by atoms with E-state index in [2.05, 4.69) is 20.3 Å². The third-order valence-electron chi connectivity index (χ3n) is 3.57. The van der Waals surface area contributed by atoms with E-state index in [0.717, 1.165) is 45.7 Å². The normalized spacial score (nSPS) is 16.1. The maximum Gasteiger partial charge on any atom is 0.317 e. The van der Waals surface area contributed by atoms with E-state index >= 15 is 0 Å². The van der Waals surface area contributed by atoms with Gasteiger partial charge in [-0.15, -0.1) is 0 Å². The Hall–Kier alpha value is -1.67. The lowest BCUT2D eigenvalue weighted by atomic mass is 10.3. The Morgan fingerprint density at radius 3 is 2.76 bits per heavy atom. The molecular formula is C13H24N6O2. The molecule has 0 saturated carbocycles. The van der Waals surface area contributed by atoms with Gasteiger partial charge in [0.2, 0.25) is 0 Å². The van der Waals surface area contributed by atoms with Gasteiger partial charge in [-0.1, -0.05) is 0 Å². The number of carbonyl (C=O) groups excluding carboxylic acids is 1. The molecule has 1 N–H and O–H groups in total. The van der Waals surface area contributed by atoms with Crippen molar-refractivity contribution in [2.75, 3.05) is 53.0 Å². The standard InChI is InChI=1S/C13H24N6O2/c1-21-10-2-3-15-13(20)18-7-4-17(5-8-18)6-9-19-12-14-11-16-19/h11-12H,2-10H2,1H3,(H,15,20). The third-order valence-corrected chi connectivity index (χ3v) is 3.57. The number of amides is 2. The number of hydrogen-bond donors (Lipinski definition) is 1. The van der Waals surface area contributed by atoms with Crippen LogP contribution in [0.5, 0.6) is 0 Å². The van der Waals surface area contributed by atoms with E-state index in [0.29, 0.717) is 13.2 Å². The summed E-state index contributed by atoms with van der Waals surface area (Å²) in [5.41, 5.74) is 0. The predicted octanol–water partition coefficient (Wildman–Crippen LogP) is -0.358. The monoisotopic (exact) mass is 296 g/mol. The Morgan fingerprint density at radius 2 is 2.10 bits per heavy atom. The van der Waals surface area contributed by atoms with Crippen LogP contribution in [0.1, 0.15) is 6.42 Å². The molecule has 2 rings (SSSR count). The minimum atomic E-state index is 0.0297. The van der Waals surface area contributed by atoms with E-state index in [1.807, 2.05) is 9.58 Å². The quantitative estimate of drug-likeness (QED) is 0.696. The van der Waals surface area contributed by atoms with Crippen LogP contribution in [-0.4, -0.2) is 83.6 Å². The number of urea groups is 1. The molecule has 0 bridgehead atoms. The van der Waals surface area contributed by atoms with Gasteiger partial charge in [0.05, 0.1) is 6.54 Å². The van der Waals surface area contributed by atoms with Crippen molar-refractivity contribution in [2.45, 2.75) is 13.0 Å². The summed E-state index contributed by atoms with van der Waals surface area (Å²) in [5, 5.41) is 7.01. The second-order valence-corrected chi connectivity index (χ2v) is 5.07. The molecule has 0 radical (unpaired) electrons. The first-order valence-electron chi connectivity index (χ1n) is 7.36. The molecule has 1 saturated heterocycles. The molecule has 1 aliphatic rings. The van der Waals surface area contributed by atoms with E-state index in [1.165, 1.54) is 0 Å². The second-order valence-electron chi connectivity index (χ2n) is 5.07. The minimum Gasteiger partial charge on any atom is -0.385 e. The van der Waals surface area contributed by atoms with Gasteiger partial charge >= 0.3 is 6.03 Å². The van der Waals surface area contributed by atoms with Crippen molar-refractivity contribution in [3.05, 3.63) is 12.7 Å². The van der Waals surface area contributed by atoms with Crippen LogP contribution in [0.4, 0.5) is 4.79 Å². The fourth-order valence-corrected chi connectivity index (χ4v) is 2.29. The predicted molar refractivity (Wildman–Crippen MR) is 77.9 cm³/mol. The number of hydrogen-bond acceptors (Lipinski definition) is 5. The second kappa shape index (κ2) is 8.58. The van der Waals surface area contributed by atoms with Crippen molar-refractivity contribution in [2.24, 2.45) is 0 Å². The van der Waals surface area contributed by atoms with E-state index in [1.54, 1.807) is 19.8 Å². The highest BCUT2D eigenvalue weighted by Crippen LogP contribution is 2.02. The minimum absolute atomic E-state index is 0.0297. The number of nitrogens with one attached hydrogen (secondary N) is 1. The van der Waals surface area contributed by atoms with Gasteiger partial charge in [-0.05, 0) is 6.42 Å². The number of aromatic nitrogens is 3. The molecular weight excluding hydrogens is 272 g/mol. The van der Waals surface area contributed by atoms with Gasteiger partial charge in [0.1, 0.15) is 12.7 Å². The molecule has 0 unspecified atom stereocenters. The van der Waals surface area contributed by atoms with Gasteiger partial charge in [-0.25, -0.2) is 9.78 Å². The van der Waals surface area contributed by atoms with Crippen LogP contribution in [0, 0.1) is 0 Å². The van der Waals surface area contributed by atoms with Crippen molar-refractivity contribution in [1.29, 1.82) is 0 Å². The topological polar surface area (TPSA) is 75.5 Å². The van der Waals surface area contributed by atoms with Gasteiger partial charge in [0.25, 0.3) is 0 Å². The number of piperazine rings is 1. The highest BCUT2D eigenvalue weighted by Gasteiger charge is 2.20. The fraction of sp³-hybridized carbons (Fsp3) is 0.769. The van der Waals surface area contributed by atoms with Crippen molar-refractivity contribution in [3.63, 3.8) is 0 Å². The van der Waals surface area contributed by atoms with Gasteiger partial charge in [0.15, 0.2) is 0 Å². The molecule has 21 heavy (non-hydrogen) atoms. The molecule has 8 heteroatoms. The van der Waals surface area contributed by atoms with Crippen molar-refractivity contribution < 1.29 is 9.53 Å². The first kappa shape index (κ1) is 15.7. The van der Waals surface area contributed by atoms with Crippen molar-refractivity contribution in [3.8, 4) is 0 Å². The number of rotatable bonds is 7. The lowest BCUT2D eigenvalue weighted by molar-refractivity contribution is 0.135. The van der Waals surface area contributed by atoms with E-state index in [9.17, 15) is 4.79 Å². The zero-order valence-corrected chi connectivity index (χ0v) is 12.6. The van der Waals surface area contributed by atoms with E-state index in [-0.39, 0.29) is 6.03 Å². The molecule has 1 aromatic heterocycles. The van der Waals surface area contributed by atoms with Gasteiger partial charge in [-0.2, -0.15) is 5.10 Å². The largest absolute Gasteiger partial charge is 0.385 e. The Bertz CT molecular complexity index is 403. The first-order valence-corrected chi connectivity index (χ1v) is 7.36. The van der Waals surface area contributed by atoms with Crippen LogP contribution in [0.3, 0.4) is 0 Å². The SMILES string of the molecule is COCCCNC(=O)N1CCN(CCn2cncn2)CC1. The highest BCUT2D eigenvalue weighted by molar-refractivity contribution is 5.74. The van der Waals surface area contributed by atoms with Crippen LogP contribution in [0.2, 0.25) is 0 Å². The van der Waals surface area contributed by atoms with Crippen LogP contribution < -0.4 is 5.32 Å². The molecule has 1 aliphatic heterocycles. The number of carbonyl (C=O) groups is 1. The maximum atomic E-state index is 11.9. The molecule has 0 aliphatic carbocycles. The number of nitrogens with zero attached hydrogens (tertiary/aromatic N) is 5. The smallest absolute Gasteiger partial charge is 0.317 e. The zero-order valence-electron chi connectivity index (χ0n) is 12.6. The Balaban J connectivity index is 1.60. The summed E-state index contributed by atoms with van der Waals surface area (Å²) in [6, 6.07) is 0.0297. The lowest BCUT2D eigenvalue weighted by Gasteiger charge is -2.34. The summed E-state index contributed by atoms with van der Waals surface area (Å²) in [6.45, 7) is 6.46. The number of methoxy groups -OCH3 is 1. The summed E-state index contributed by atoms with van der Waals surface area (Å²) in [6.07, 6.45) is 4.12. The fourth-order valence-electron chi connectivity index (χ4n) is 2.29. The summed E-state index contributed by atoms with van der Waals surface area (Å²) < 4.78 is 6.79. The van der Waals surface area contributed by atoms with E-state index < -0.39 is 0 Å². The van der Waals surface area contributed by atoms with Gasteiger partial charge in [0, 0.05) is 53.0 Å². The summed E-state index contributed by atoms with van der Waals surface area (Å²) in [4.78, 5) is 20.1. The average Bonchev–Trinajstić information content (AvgIpc) is 3.03. The molecule has 1 fully saturated rings. The maximum absolute atomic E-state index is 11.9. The molecule has 118 valence electrons. The van der Waals surface area contributed by atoms with Gasteiger partial charge < -0.3 is 15.0 Å². The Morgan fingerprint density at radius 1 is 1.29 bits per heavy atom. The summed E-state index contributed by atoms with van der Waals surface area (Å²) in [7, 11) is 1.67. The molecule has 0 aromatic carbocycles. The van der Waals surface area contributed by atoms with Gasteiger partial charge in [-0.3, -0.25) is 9.58 Å². The van der Waals surface area contributed by atoms with Crippen LogP contribution in [-0.2, 0) is 11.3 Å². The molecule has 8 nitrogen and oxygen atoms in total. The van der Waals surface area contributed by atoms with Crippen LogP contribution in [0.25, 0.3) is 0 Å². The Labute approximate surface area is 125 Å². The van der Waals surface area contributed by atoms with Crippen molar-refractivity contribution in [1.82, 2.24) is 29.9 Å². The average molecular weight is 296 g/mol. The zero-order chi connectivity index (χ0) is 14.9. The molecule has 2 heterocycles. The number of ether oxygens (including phenoxy) is 1. The third kappa shape index (κ3) is 5.31. The molecule has 0 spiro atoms. The van der Waals surface area contributed by atoms with Crippen LogP contribution >= 0.6 is 0 Å². The highest BCUT2D eigenvalue weighted by atomic mass is 16.5. The lowest BCUT2D eigenvalue weighted by Crippen LogP contribution is -2.52. The summed E-state index contributed by atoms with van der Waals surface area (Å²) >= 11 is 0. The van der Waals surface area contributed by atoms with Crippen molar-refractivity contribution >= 4 is 6.03 Å². The Kier molecular flexibility index (Phi) is 6.42. The van der Waals surface area contributed by atoms with Crippen LogP contribution in [0.15, 0.2) is 12.7 Å². The molecule has 0 atom stereocenters. The molecule has 2 amide bonds. The molecule has 1 aromatic rings.